The molecule has 1 aliphatic carbocycles. The number of carbonyl (C=O) groups excluding carboxylic acids is 2. The van der Waals surface area contributed by atoms with Crippen molar-refractivity contribution in [3.05, 3.63) is 29.3 Å². The zero-order valence-electron chi connectivity index (χ0n) is 11.5. The predicted octanol–water partition coefficient (Wildman–Crippen LogP) is 1.77. The molecule has 20 heavy (non-hydrogen) atoms. The fourth-order valence-corrected chi connectivity index (χ4v) is 2.09. The van der Waals surface area contributed by atoms with Crippen LogP contribution in [-0.2, 0) is 20.7 Å². The van der Waals surface area contributed by atoms with E-state index >= 15 is 0 Å². The summed E-state index contributed by atoms with van der Waals surface area (Å²) in [5.41, 5.74) is 1.87. The van der Waals surface area contributed by atoms with Gasteiger partial charge in [0, 0.05) is 18.9 Å². The van der Waals surface area contributed by atoms with Crippen LogP contribution in [0.15, 0.2) is 18.2 Å². The van der Waals surface area contributed by atoms with Crippen molar-refractivity contribution in [2.45, 2.75) is 19.8 Å². The molecule has 2 rings (SSSR count). The molecule has 0 heterocycles. The Balaban J connectivity index is 1.65. The number of rotatable bonds is 7. The monoisotopic (exact) mass is 278 g/mol. The van der Waals surface area contributed by atoms with E-state index in [-0.39, 0.29) is 18.4 Å². The second-order valence-electron chi connectivity index (χ2n) is 4.54. The standard InChI is InChI=1S/C15H18O5/c1-11(16)19-8-6-18-7-9-20-13-3-4-14-12(10-13)2-5-15(14)17/h3-4,10H,2,5-9H2,1H3. The van der Waals surface area contributed by atoms with E-state index in [1.165, 1.54) is 6.92 Å². The Morgan fingerprint density at radius 2 is 1.95 bits per heavy atom. The van der Waals surface area contributed by atoms with Crippen molar-refractivity contribution in [1.29, 1.82) is 0 Å². The van der Waals surface area contributed by atoms with Crippen LogP contribution >= 0.6 is 0 Å². The van der Waals surface area contributed by atoms with Crippen molar-refractivity contribution in [2.24, 2.45) is 0 Å². The van der Waals surface area contributed by atoms with Gasteiger partial charge in [-0.2, -0.15) is 0 Å². The van der Waals surface area contributed by atoms with Gasteiger partial charge >= 0.3 is 5.97 Å². The predicted molar refractivity (Wildman–Crippen MR) is 72.0 cm³/mol. The number of fused-ring (bicyclic) bond motifs is 1. The molecular formula is C15H18O5. The van der Waals surface area contributed by atoms with E-state index in [9.17, 15) is 9.59 Å². The van der Waals surface area contributed by atoms with Crippen LogP contribution in [-0.4, -0.2) is 38.2 Å². The quantitative estimate of drug-likeness (QED) is 0.562. The number of hydrogen-bond acceptors (Lipinski definition) is 5. The number of aryl methyl sites for hydroxylation is 1. The lowest BCUT2D eigenvalue weighted by Gasteiger charge is -2.08. The molecule has 0 saturated carbocycles. The average molecular weight is 278 g/mol. The molecule has 0 unspecified atom stereocenters. The summed E-state index contributed by atoms with van der Waals surface area (Å²) >= 11 is 0. The maximum absolute atomic E-state index is 11.5. The molecule has 0 atom stereocenters. The Morgan fingerprint density at radius 1 is 1.15 bits per heavy atom. The SMILES string of the molecule is CC(=O)OCCOCCOc1ccc2c(c1)CCC2=O. The normalized spacial score (nSPS) is 13.2. The van der Waals surface area contributed by atoms with Gasteiger partial charge in [-0.1, -0.05) is 0 Å². The fraction of sp³-hybridized carbons (Fsp3) is 0.467. The van der Waals surface area contributed by atoms with Gasteiger partial charge in [0.25, 0.3) is 0 Å². The lowest BCUT2D eigenvalue weighted by molar-refractivity contribution is -0.142. The molecule has 0 N–H and O–H groups in total. The molecular weight excluding hydrogens is 260 g/mol. The summed E-state index contributed by atoms with van der Waals surface area (Å²) in [4.78, 5) is 22.0. The third-order valence-electron chi connectivity index (χ3n) is 3.03. The largest absolute Gasteiger partial charge is 0.491 e. The van der Waals surface area contributed by atoms with Gasteiger partial charge in [0.2, 0.25) is 0 Å². The number of esters is 1. The minimum absolute atomic E-state index is 0.209. The van der Waals surface area contributed by atoms with Crippen molar-refractivity contribution in [3.8, 4) is 5.75 Å². The van der Waals surface area contributed by atoms with E-state index in [1.54, 1.807) is 6.07 Å². The molecule has 0 radical (unpaired) electrons. The molecule has 0 fully saturated rings. The maximum atomic E-state index is 11.5. The summed E-state index contributed by atoms with van der Waals surface area (Å²) in [6, 6.07) is 5.54. The van der Waals surface area contributed by atoms with Crippen molar-refractivity contribution in [3.63, 3.8) is 0 Å². The third-order valence-corrected chi connectivity index (χ3v) is 3.03. The van der Waals surface area contributed by atoms with E-state index in [0.29, 0.717) is 26.2 Å². The first kappa shape index (κ1) is 14.5. The van der Waals surface area contributed by atoms with Crippen LogP contribution in [0, 0.1) is 0 Å². The smallest absolute Gasteiger partial charge is 0.302 e. The molecule has 0 aliphatic heterocycles. The van der Waals surface area contributed by atoms with E-state index in [1.807, 2.05) is 12.1 Å². The fourth-order valence-electron chi connectivity index (χ4n) is 2.09. The average Bonchev–Trinajstić information content (AvgIpc) is 2.78. The highest BCUT2D eigenvalue weighted by molar-refractivity contribution is 6.00. The van der Waals surface area contributed by atoms with E-state index < -0.39 is 0 Å². The number of ketones is 1. The van der Waals surface area contributed by atoms with Gasteiger partial charge in [0.1, 0.15) is 19.0 Å². The molecule has 108 valence electrons. The van der Waals surface area contributed by atoms with Gasteiger partial charge < -0.3 is 14.2 Å². The number of ether oxygens (including phenoxy) is 3. The Bertz CT molecular complexity index is 495. The summed E-state index contributed by atoms with van der Waals surface area (Å²) in [5.74, 6) is 0.653. The Labute approximate surface area is 117 Å². The summed E-state index contributed by atoms with van der Waals surface area (Å²) in [5, 5.41) is 0. The summed E-state index contributed by atoms with van der Waals surface area (Å²) in [6.07, 6.45) is 1.39. The molecule has 0 aromatic heterocycles. The summed E-state index contributed by atoms with van der Waals surface area (Å²) in [6.45, 7) is 2.84. The summed E-state index contributed by atoms with van der Waals surface area (Å²) in [7, 11) is 0. The first-order valence-corrected chi connectivity index (χ1v) is 6.67. The molecule has 0 saturated heterocycles. The molecule has 0 bridgehead atoms. The lowest BCUT2D eigenvalue weighted by Crippen LogP contribution is -2.12. The highest BCUT2D eigenvalue weighted by Gasteiger charge is 2.19. The van der Waals surface area contributed by atoms with Crippen LogP contribution in [0.5, 0.6) is 5.75 Å². The first-order chi connectivity index (χ1) is 9.66. The van der Waals surface area contributed by atoms with Gasteiger partial charge in [-0.15, -0.1) is 0 Å². The van der Waals surface area contributed by atoms with Gasteiger partial charge in [-0.25, -0.2) is 0 Å². The molecule has 1 aromatic rings. The molecule has 0 spiro atoms. The lowest BCUT2D eigenvalue weighted by atomic mass is 10.1. The minimum Gasteiger partial charge on any atom is -0.491 e. The molecule has 1 aromatic carbocycles. The van der Waals surface area contributed by atoms with E-state index in [2.05, 4.69) is 0 Å². The van der Waals surface area contributed by atoms with Crippen LogP contribution < -0.4 is 4.74 Å². The van der Waals surface area contributed by atoms with Crippen LogP contribution in [0.1, 0.15) is 29.3 Å². The van der Waals surface area contributed by atoms with Crippen molar-refractivity contribution in [1.82, 2.24) is 0 Å². The Morgan fingerprint density at radius 3 is 2.75 bits per heavy atom. The number of carbonyl (C=O) groups is 2. The van der Waals surface area contributed by atoms with Crippen LogP contribution in [0.2, 0.25) is 0 Å². The summed E-state index contributed by atoms with van der Waals surface area (Å²) < 4.78 is 15.5. The van der Waals surface area contributed by atoms with Gasteiger partial charge in [0.05, 0.1) is 13.2 Å². The zero-order chi connectivity index (χ0) is 14.4. The number of Topliss-reactive ketones (excluding diaryl/α,β-unsaturated/α-hetero) is 1. The second-order valence-corrected chi connectivity index (χ2v) is 4.54. The van der Waals surface area contributed by atoms with E-state index in [4.69, 9.17) is 14.2 Å². The van der Waals surface area contributed by atoms with Crippen LogP contribution in [0.3, 0.4) is 0 Å². The number of benzene rings is 1. The Hall–Kier alpha value is -1.88. The molecule has 5 nitrogen and oxygen atoms in total. The molecule has 1 aliphatic rings. The van der Waals surface area contributed by atoms with Gasteiger partial charge in [-0.3, -0.25) is 9.59 Å². The number of hydrogen-bond donors (Lipinski definition) is 0. The third kappa shape index (κ3) is 4.06. The minimum atomic E-state index is -0.308. The highest BCUT2D eigenvalue weighted by atomic mass is 16.6. The van der Waals surface area contributed by atoms with Crippen molar-refractivity contribution in [2.75, 3.05) is 26.4 Å². The topological polar surface area (TPSA) is 61.8 Å². The first-order valence-electron chi connectivity index (χ1n) is 6.67. The van der Waals surface area contributed by atoms with Crippen LogP contribution in [0.25, 0.3) is 0 Å². The van der Waals surface area contributed by atoms with Gasteiger partial charge in [0.15, 0.2) is 5.78 Å². The second kappa shape index (κ2) is 7.05. The zero-order valence-corrected chi connectivity index (χ0v) is 11.5. The molecule has 0 amide bonds. The van der Waals surface area contributed by atoms with E-state index in [0.717, 1.165) is 23.3 Å². The van der Waals surface area contributed by atoms with Crippen LogP contribution in [0.4, 0.5) is 0 Å². The van der Waals surface area contributed by atoms with Crippen molar-refractivity contribution < 1.29 is 23.8 Å². The van der Waals surface area contributed by atoms with Gasteiger partial charge in [-0.05, 0) is 30.2 Å². The molecule has 5 heteroatoms. The maximum Gasteiger partial charge on any atom is 0.302 e. The van der Waals surface area contributed by atoms with Crippen molar-refractivity contribution >= 4 is 11.8 Å². The highest BCUT2D eigenvalue weighted by Crippen LogP contribution is 2.25. The Kier molecular flexibility index (Phi) is 5.12.